The van der Waals surface area contributed by atoms with Gasteiger partial charge in [0.05, 0.1) is 34.3 Å². The SMILES string of the molecule is COc1ccc(N(C(=O)/C=C/c2ccc(OC)c(Br)c2)S(=O)(=O)c2ccccc2)cc1Cl. The minimum Gasteiger partial charge on any atom is -0.496 e. The van der Waals surface area contributed by atoms with Crippen molar-refractivity contribution in [1.82, 2.24) is 0 Å². The van der Waals surface area contributed by atoms with Gasteiger partial charge >= 0.3 is 0 Å². The molecule has 3 aromatic carbocycles. The summed E-state index contributed by atoms with van der Waals surface area (Å²) in [7, 11) is -1.22. The summed E-state index contributed by atoms with van der Waals surface area (Å²) in [5, 5.41) is 0.175. The van der Waals surface area contributed by atoms with Crippen molar-refractivity contribution in [3.8, 4) is 11.5 Å². The number of amides is 1. The van der Waals surface area contributed by atoms with E-state index in [-0.39, 0.29) is 15.6 Å². The second-order valence-electron chi connectivity index (χ2n) is 6.47. The van der Waals surface area contributed by atoms with Crippen molar-refractivity contribution in [2.24, 2.45) is 0 Å². The Balaban J connectivity index is 2.05. The molecule has 0 radical (unpaired) electrons. The van der Waals surface area contributed by atoms with Crippen molar-refractivity contribution < 1.29 is 22.7 Å². The van der Waals surface area contributed by atoms with Crippen LogP contribution in [-0.2, 0) is 14.8 Å². The second kappa shape index (κ2) is 10.2. The Kier molecular flexibility index (Phi) is 7.60. The molecule has 0 fully saturated rings. The fourth-order valence-electron chi connectivity index (χ4n) is 2.89. The van der Waals surface area contributed by atoms with E-state index in [0.29, 0.717) is 25.8 Å². The number of halogens is 2. The zero-order valence-electron chi connectivity index (χ0n) is 17.2. The van der Waals surface area contributed by atoms with Crippen molar-refractivity contribution >= 4 is 55.2 Å². The lowest BCUT2D eigenvalue weighted by atomic mass is 10.2. The molecule has 0 saturated carbocycles. The second-order valence-corrected chi connectivity index (χ2v) is 9.52. The number of anilines is 1. The van der Waals surface area contributed by atoms with Gasteiger partial charge < -0.3 is 9.47 Å². The first kappa shape index (κ1) is 23.8. The van der Waals surface area contributed by atoms with Gasteiger partial charge in [-0.05, 0) is 70.0 Å². The molecule has 166 valence electrons. The summed E-state index contributed by atoms with van der Waals surface area (Å²) >= 11 is 9.59. The Hall–Kier alpha value is -2.81. The molecule has 0 N–H and O–H groups in total. The number of carbonyl (C=O) groups is 1. The van der Waals surface area contributed by atoms with Gasteiger partial charge in [-0.25, -0.2) is 8.42 Å². The van der Waals surface area contributed by atoms with Crippen LogP contribution in [0.15, 0.2) is 82.2 Å². The number of ether oxygens (including phenoxy) is 2. The van der Waals surface area contributed by atoms with E-state index < -0.39 is 15.9 Å². The number of hydrogen-bond donors (Lipinski definition) is 0. The Morgan fingerprint density at radius 3 is 2.22 bits per heavy atom. The van der Waals surface area contributed by atoms with Crippen LogP contribution in [0.5, 0.6) is 11.5 Å². The van der Waals surface area contributed by atoms with Crippen molar-refractivity contribution in [3.05, 3.63) is 87.9 Å². The van der Waals surface area contributed by atoms with Gasteiger partial charge in [-0.3, -0.25) is 4.79 Å². The number of benzene rings is 3. The van der Waals surface area contributed by atoms with Crippen LogP contribution in [0.25, 0.3) is 6.08 Å². The Bertz CT molecular complexity index is 1260. The predicted molar refractivity (Wildman–Crippen MR) is 129 cm³/mol. The number of methoxy groups -OCH3 is 2. The van der Waals surface area contributed by atoms with Crippen LogP contribution in [0, 0.1) is 0 Å². The third-order valence-electron chi connectivity index (χ3n) is 4.45. The van der Waals surface area contributed by atoms with Crippen LogP contribution >= 0.6 is 27.5 Å². The molecule has 6 nitrogen and oxygen atoms in total. The van der Waals surface area contributed by atoms with Gasteiger partial charge in [0, 0.05) is 6.08 Å². The first-order valence-corrected chi connectivity index (χ1v) is 11.9. The van der Waals surface area contributed by atoms with E-state index in [4.69, 9.17) is 21.1 Å². The average Bonchev–Trinajstić information content (AvgIpc) is 2.78. The summed E-state index contributed by atoms with van der Waals surface area (Å²) < 4.78 is 38.5. The molecule has 0 spiro atoms. The van der Waals surface area contributed by atoms with Crippen LogP contribution in [0.4, 0.5) is 5.69 Å². The molecule has 0 saturated heterocycles. The van der Waals surface area contributed by atoms with Crippen LogP contribution in [0.1, 0.15) is 5.56 Å². The van der Waals surface area contributed by atoms with E-state index in [1.807, 2.05) is 0 Å². The van der Waals surface area contributed by atoms with Crippen molar-refractivity contribution in [1.29, 1.82) is 0 Å². The van der Waals surface area contributed by atoms with Gasteiger partial charge in [-0.15, -0.1) is 0 Å². The monoisotopic (exact) mass is 535 g/mol. The van der Waals surface area contributed by atoms with E-state index in [9.17, 15) is 13.2 Å². The summed E-state index contributed by atoms with van der Waals surface area (Å²) in [5.74, 6) is 0.232. The molecule has 9 heteroatoms. The molecular weight excluding hydrogens is 518 g/mol. The highest BCUT2D eigenvalue weighted by atomic mass is 79.9. The van der Waals surface area contributed by atoms with Crippen molar-refractivity contribution in [2.45, 2.75) is 4.90 Å². The fraction of sp³-hybridized carbons (Fsp3) is 0.0870. The molecule has 0 atom stereocenters. The predicted octanol–water partition coefficient (Wildman–Crippen LogP) is 5.56. The van der Waals surface area contributed by atoms with E-state index >= 15 is 0 Å². The highest BCUT2D eigenvalue weighted by Crippen LogP contribution is 2.32. The quantitative estimate of drug-likeness (QED) is 0.370. The molecule has 0 aliphatic heterocycles. The first-order chi connectivity index (χ1) is 15.3. The van der Waals surface area contributed by atoms with Gasteiger partial charge in [0.25, 0.3) is 15.9 Å². The number of nitrogens with zero attached hydrogens (tertiary/aromatic N) is 1. The maximum absolute atomic E-state index is 13.4. The lowest BCUT2D eigenvalue weighted by Gasteiger charge is -2.22. The molecule has 0 heterocycles. The molecule has 1 amide bonds. The zero-order valence-corrected chi connectivity index (χ0v) is 20.3. The average molecular weight is 537 g/mol. The molecule has 0 aliphatic carbocycles. The van der Waals surface area contributed by atoms with E-state index in [1.165, 1.54) is 49.6 Å². The van der Waals surface area contributed by atoms with Gasteiger partial charge in [-0.2, -0.15) is 4.31 Å². The normalized spacial score (nSPS) is 11.4. The largest absolute Gasteiger partial charge is 0.496 e. The molecule has 3 rings (SSSR count). The third-order valence-corrected chi connectivity index (χ3v) is 7.10. The number of carbonyl (C=O) groups excluding carboxylic acids is 1. The highest BCUT2D eigenvalue weighted by Gasteiger charge is 2.30. The number of sulfonamides is 1. The van der Waals surface area contributed by atoms with Crippen LogP contribution in [0.2, 0.25) is 5.02 Å². The van der Waals surface area contributed by atoms with Crippen LogP contribution in [0.3, 0.4) is 0 Å². The minimum atomic E-state index is -4.21. The molecule has 0 aliphatic rings. The smallest absolute Gasteiger partial charge is 0.271 e. The van der Waals surface area contributed by atoms with Gasteiger partial charge in [0.1, 0.15) is 11.5 Å². The van der Waals surface area contributed by atoms with E-state index in [1.54, 1.807) is 43.5 Å². The van der Waals surface area contributed by atoms with E-state index in [2.05, 4.69) is 15.9 Å². The Morgan fingerprint density at radius 1 is 0.969 bits per heavy atom. The fourth-order valence-corrected chi connectivity index (χ4v) is 5.10. The maximum atomic E-state index is 13.4. The molecule has 3 aromatic rings. The van der Waals surface area contributed by atoms with Gasteiger partial charge in [-0.1, -0.05) is 35.9 Å². The summed E-state index contributed by atoms with van der Waals surface area (Å²) in [6, 6.07) is 17.3. The minimum absolute atomic E-state index is 0.0270. The van der Waals surface area contributed by atoms with Gasteiger partial charge in [0.2, 0.25) is 0 Å². The summed E-state index contributed by atoms with van der Waals surface area (Å²) in [5.41, 5.74) is 0.765. The van der Waals surface area contributed by atoms with Crippen molar-refractivity contribution in [2.75, 3.05) is 18.5 Å². The van der Waals surface area contributed by atoms with Crippen LogP contribution < -0.4 is 13.8 Å². The molecule has 0 bridgehead atoms. The first-order valence-electron chi connectivity index (χ1n) is 9.27. The Morgan fingerprint density at radius 2 is 1.62 bits per heavy atom. The topological polar surface area (TPSA) is 72.9 Å². The summed E-state index contributed by atoms with van der Waals surface area (Å²) in [6.07, 6.45) is 2.71. The van der Waals surface area contributed by atoms with Gasteiger partial charge in [0.15, 0.2) is 0 Å². The van der Waals surface area contributed by atoms with Crippen molar-refractivity contribution in [3.63, 3.8) is 0 Å². The standard InChI is InChI=1S/C23H19BrClNO5S/c1-30-21-11-8-16(14-19(21)24)9-13-23(27)26(17-10-12-22(31-2)20(25)15-17)32(28,29)18-6-4-3-5-7-18/h3-15H,1-2H3/b13-9+. The molecule has 0 unspecified atom stereocenters. The third kappa shape index (κ3) is 5.15. The number of rotatable bonds is 7. The zero-order chi connectivity index (χ0) is 23.3. The maximum Gasteiger partial charge on any atom is 0.271 e. The molecular formula is C23H19BrClNO5S. The van der Waals surface area contributed by atoms with E-state index in [0.717, 1.165) is 0 Å². The lowest BCUT2D eigenvalue weighted by Crippen LogP contribution is -2.35. The molecule has 32 heavy (non-hydrogen) atoms. The lowest BCUT2D eigenvalue weighted by molar-refractivity contribution is -0.113. The Labute approximate surface area is 200 Å². The summed E-state index contributed by atoms with van der Waals surface area (Å²) in [6.45, 7) is 0. The van der Waals surface area contributed by atoms with Crippen LogP contribution in [-0.4, -0.2) is 28.5 Å². The summed E-state index contributed by atoms with van der Waals surface area (Å²) in [4.78, 5) is 13.1. The number of hydrogen-bond acceptors (Lipinski definition) is 5. The molecule has 0 aromatic heterocycles. The highest BCUT2D eigenvalue weighted by molar-refractivity contribution is 9.10.